The molecule has 0 unspecified atom stereocenters. The number of methoxy groups -OCH3 is 1. The Bertz CT molecular complexity index is 371. The molecule has 0 aliphatic rings. The van der Waals surface area contributed by atoms with E-state index >= 15 is 0 Å². The van der Waals surface area contributed by atoms with Crippen LogP contribution in [-0.4, -0.2) is 19.6 Å². The van der Waals surface area contributed by atoms with E-state index in [1.54, 1.807) is 7.11 Å². The summed E-state index contributed by atoms with van der Waals surface area (Å²) in [6.45, 7) is 10.7. The molecule has 0 saturated heterocycles. The van der Waals surface area contributed by atoms with Crippen LogP contribution < -0.4 is 15.8 Å². The third-order valence-electron chi connectivity index (χ3n) is 2.46. The van der Waals surface area contributed by atoms with Crippen LogP contribution in [0.25, 0.3) is 0 Å². The SMILES string of the molecule is CCC.CNc1cc(C(C)(C)C)cc(N)c1OC.O. The average Bonchev–Trinajstić information content (AvgIpc) is 2.27. The average molecular weight is 270 g/mol. The minimum absolute atomic E-state index is 0. The van der Waals surface area contributed by atoms with Crippen molar-refractivity contribution in [2.45, 2.75) is 46.5 Å². The van der Waals surface area contributed by atoms with Gasteiger partial charge in [0, 0.05) is 7.05 Å². The van der Waals surface area contributed by atoms with E-state index in [9.17, 15) is 0 Å². The zero-order chi connectivity index (χ0) is 14.3. The first-order chi connectivity index (χ1) is 8.31. The Morgan fingerprint density at radius 1 is 1.21 bits per heavy atom. The van der Waals surface area contributed by atoms with Crippen LogP contribution in [0, 0.1) is 0 Å². The van der Waals surface area contributed by atoms with E-state index in [-0.39, 0.29) is 10.9 Å². The summed E-state index contributed by atoms with van der Waals surface area (Å²) >= 11 is 0. The first-order valence-corrected chi connectivity index (χ1v) is 6.47. The number of ether oxygens (including phenoxy) is 1. The molecule has 0 aliphatic carbocycles. The normalized spacial score (nSPS) is 9.84. The number of nitrogens with two attached hydrogens (primary N) is 1. The molecular formula is C15H30N2O2. The summed E-state index contributed by atoms with van der Waals surface area (Å²) in [5.41, 5.74) is 8.84. The second-order valence-electron chi connectivity index (χ2n) is 5.35. The van der Waals surface area contributed by atoms with Gasteiger partial charge < -0.3 is 21.3 Å². The highest BCUT2D eigenvalue weighted by Gasteiger charge is 2.17. The summed E-state index contributed by atoms with van der Waals surface area (Å²) < 4.78 is 5.25. The van der Waals surface area contributed by atoms with Crippen molar-refractivity contribution in [1.29, 1.82) is 0 Å². The van der Waals surface area contributed by atoms with Crippen LogP contribution in [0.1, 0.15) is 46.6 Å². The van der Waals surface area contributed by atoms with Gasteiger partial charge in [0.2, 0.25) is 0 Å². The molecule has 4 nitrogen and oxygen atoms in total. The molecule has 1 aromatic rings. The van der Waals surface area contributed by atoms with Crippen molar-refractivity contribution in [3.8, 4) is 5.75 Å². The van der Waals surface area contributed by atoms with E-state index in [0.717, 1.165) is 5.69 Å². The minimum Gasteiger partial charge on any atom is -0.492 e. The first-order valence-electron chi connectivity index (χ1n) is 6.47. The lowest BCUT2D eigenvalue weighted by atomic mass is 9.86. The molecule has 0 amide bonds. The fourth-order valence-electron chi connectivity index (χ4n) is 1.50. The van der Waals surface area contributed by atoms with Crippen LogP contribution in [0.15, 0.2) is 12.1 Å². The van der Waals surface area contributed by atoms with Crippen LogP contribution in [0.3, 0.4) is 0 Å². The van der Waals surface area contributed by atoms with E-state index in [4.69, 9.17) is 10.5 Å². The van der Waals surface area contributed by atoms with Gasteiger partial charge in [0.25, 0.3) is 0 Å². The Labute approximate surface area is 117 Å². The summed E-state index contributed by atoms with van der Waals surface area (Å²) in [6.07, 6.45) is 1.25. The molecular weight excluding hydrogens is 240 g/mol. The van der Waals surface area contributed by atoms with Crippen molar-refractivity contribution >= 4 is 11.4 Å². The van der Waals surface area contributed by atoms with Gasteiger partial charge in [-0.25, -0.2) is 0 Å². The van der Waals surface area contributed by atoms with Crippen molar-refractivity contribution in [2.24, 2.45) is 0 Å². The van der Waals surface area contributed by atoms with Crippen molar-refractivity contribution in [1.82, 2.24) is 0 Å². The third kappa shape index (κ3) is 5.83. The molecule has 0 aromatic heterocycles. The van der Waals surface area contributed by atoms with Crippen molar-refractivity contribution in [2.75, 3.05) is 25.2 Å². The Morgan fingerprint density at radius 2 is 1.68 bits per heavy atom. The third-order valence-corrected chi connectivity index (χ3v) is 2.46. The van der Waals surface area contributed by atoms with Crippen molar-refractivity contribution < 1.29 is 10.2 Å². The number of anilines is 2. The molecule has 0 spiro atoms. The van der Waals surface area contributed by atoms with E-state index in [0.29, 0.717) is 11.4 Å². The van der Waals surface area contributed by atoms with Crippen LogP contribution >= 0.6 is 0 Å². The Morgan fingerprint density at radius 3 is 2.00 bits per heavy atom. The Kier molecular flexibility index (Phi) is 9.06. The maximum absolute atomic E-state index is 5.94. The molecule has 0 heterocycles. The predicted octanol–water partition coefficient (Wildman–Crippen LogP) is 3.21. The zero-order valence-corrected chi connectivity index (χ0v) is 13.3. The number of hydrogen-bond acceptors (Lipinski definition) is 3. The minimum atomic E-state index is 0. The summed E-state index contributed by atoms with van der Waals surface area (Å²) in [6, 6.07) is 4.05. The van der Waals surface area contributed by atoms with Crippen LogP contribution in [-0.2, 0) is 5.41 Å². The Balaban J connectivity index is 0. The summed E-state index contributed by atoms with van der Waals surface area (Å²) in [4.78, 5) is 0. The molecule has 0 fully saturated rings. The maximum atomic E-state index is 5.94. The first kappa shape index (κ1) is 19.9. The molecule has 19 heavy (non-hydrogen) atoms. The van der Waals surface area contributed by atoms with Crippen molar-refractivity contribution in [3.05, 3.63) is 17.7 Å². The second-order valence-corrected chi connectivity index (χ2v) is 5.35. The molecule has 4 heteroatoms. The van der Waals surface area contributed by atoms with Gasteiger partial charge in [-0.1, -0.05) is 41.0 Å². The number of benzene rings is 1. The number of rotatable bonds is 2. The van der Waals surface area contributed by atoms with Crippen LogP contribution in [0.2, 0.25) is 0 Å². The summed E-state index contributed by atoms with van der Waals surface area (Å²) in [5, 5.41) is 3.09. The monoisotopic (exact) mass is 270 g/mol. The molecule has 1 aromatic carbocycles. The fourth-order valence-corrected chi connectivity index (χ4v) is 1.50. The van der Waals surface area contributed by atoms with Crippen LogP contribution in [0.5, 0.6) is 5.75 Å². The topological polar surface area (TPSA) is 78.8 Å². The second kappa shape index (κ2) is 8.64. The van der Waals surface area contributed by atoms with Gasteiger partial charge >= 0.3 is 0 Å². The van der Waals surface area contributed by atoms with Crippen molar-refractivity contribution in [3.63, 3.8) is 0 Å². The molecule has 5 N–H and O–H groups in total. The molecule has 112 valence electrons. The molecule has 0 radical (unpaired) electrons. The lowest BCUT2D eigenvalue weighted by Gasteiger charge is -2.22. The molecule has 0 aliphatic heterocycles. The van der Waals surface area contributed by atoms with Gasteiger partial charge in [0.05, 0.1) is 18.5 Å². The van der Waals surface area contributed by atoms with Gasteiger partial charge in [0.15, 0.2) is 5.75 Å². The fraction of sp³-hybridized carbons (Fsp3) is 0.600. The number of nitrogen functional groups attached to an aromatic ring is 1. The highest BCUT2D eigenvalue weighted by Crippen LogP contribution is 2.36. The Hall–Kier alpha value is -1.42. The summed E-state index contributed by atoms with van der Waals surface area (Å²) in [5.74, 6) is 0.713. The smallest absolute Gasteiger partial charge is 0.164 e. The quantitative estimate of drug-likeness (QED) is 0.810. The lowest BCUT2D eigenvalue weighted by molar-refractivity contribution is 0.418. The largest absolute Gasteiger partial charge is 0.492 e. The molecule has 1 rings (SSSR count). The highest BCUT2D eigenvalue weighted by atomic mass is 16.5. The molecule has 0 bridgehead atoms. The van der Waals surface area contributed by atoms with Crippen LogP contribution in [0.4, 0.5) is 11.4 Å². The molecule has 0 atom stereocenters. The predicted molar refractivity (Wildman–Crippen MR) is 85.2 cm³/mol. The van der Waals surface area contributed by atoms with E-state index < -0.39 is 0 Å². The van der Waals surface area contributed by atoms with E-state index in [1.807, 2.05) is 13.1 Å². The number of hydrogen-bond donors (Lipinski definition) is 2. The maximum Gasteiger partial charge on any atom is 0.164 e. The van der Waals surface area contributed by atoms with E-state index in [1.165, 1.54) is 12.0 Å². The lowest BCUT2D eigenvalue weighted by Crippen LogP contribution is -2.12. The van der Waals surface area contributed by atoms with Gasteiger partial charge in [-0.2, -0.15) is 0 Å². The van der Waals surface area contributed by atoms with Gasteiger partial charge in [-0.3, -0.25) is 0 Å². The standard InChI is InChI=1S/C12H20N2O.C3H8.H2O/c1-12(2,3)8-6-9(13)11(15-5)10(7-8)14-4;1-3-2;/h6-7,14H,13H2,1-5H3;3H2,1-2H3;1H2. The van der Waals surface area contributed by atoms with Gasteiger partial charge in [-0.15, -0.1) is 0 Å². The van der Waals surface area contributed by atoms with E-state index in [2.05, 4.69) is 46.0 Å². The summed E-state index contributed by atoms with van der Waals surface area (Å²) in [7, 11) is 3.49. The van der Waals surface area contributed by atoms with Gasteiger partial charge in [-0.05, 0) is 23.1 Å². The van der Waals surface area contributed by atoms with Gasteiger partial charge in [0.1, 0.15) is 0 Å². The number of nitrogens with one attached hydrogen (secondary N) is 1. The zero-order valence-electron chi connectivity index (χ0n) is 13.3. The highest BCUT2D eigenvalue weighted by molar-refractivity contribution is 5.71. The molecule has 0 saturated carbocycles.